The van der Waals surface area contributed by atoms with Gasteiger partial charge in [-0.25, -0.2) is 9.97 Å². The number of nitrogens with one attached hydrogen (secondary N) is 1. The third-order valence-electron chi connectivity index (χ3n) is 4.89. The van der Waals surface area contributed by atoms with E-state index in [0.717, 1.165) is 16.9 Å². The Kier molecular flexibility index (Phi) is 4.26. The number of aromatic nitrogens is 2. The fraction of sp³-hybridized carbons (Fsp3) is 0.421. The van der Waals surface area contributed by atoms with Gasteiger partial charge in [0.2, 0.25) is 11.9 Å². The molecule has 0 spiro atoms. The maximum Gasteiger partial charge on any atom is 0.224 e. The smallest absolute Gasteiger partial charge is 0.224 e. The van der Waals surface area contributed by atoms with Gasteiger partial charge in [0.15, 0.2) is 0 Å². The van der Waals surface area contributed by atoms with Gasteiger partial charge in [-0.1, -0.05) is 24.6 Å². The van der Waals surface area contributed by atoms with E-state index in [4.69, 9.17) is 0 Å². The second kappa shape index (κ2) is 6.23. The monoisotopic (exact) mass is 324 g/mol. The molecule has 5 nitrogen and oxygen atoms in total. The van der Waals surface area contributed by atoms with Crippen molar-refractivity contribution in [3.05, 3.63) is 47.3 Å². The lowest BCUT2D eigenvalue weighted by molar-refractivity contribution is -0.117. The number of hydrogen-bond acceptors (Lipinski definition) is 4. The van der Waals surface area contributed by atoms with Gasteiger partial charge in [-0.3, -0.25) is 4.79 Å². The lowest BCUT2D eigenvalue weighted by atomic mass is 9.82. The number of rotatable bonds is 2. The zero-order valence-corrected chi connectivity index (χ0v) is 14.9. The summed E-state index contributed by atoms with van der Waals surface area (Å²) in [5.74, 6) is 0.930. The topological polar surface area (TPSA) is 58.1 Å². The molecule has 1 aliphatic rings. The van der Waals surface area contributed by atoms with E-state index in [2.05, 4.69) is 48.2 Å². The van der Waals surface area contributed by atoms with Gasteiger partial charge >= 0.3 is 0 Å². The first-order valence-corrected chi connectivity index (χ1v) is 8.35. The quantitative estimate of drug-likeness (QED) is 0.916. The van der Waals surface area contributed by atoms with Gasteiger partial charge < -0.3 is 10.2 Å². The van der Waals surface area contributed by atoms with Crippen LogP contribution in [0.15, 0.2) is 30.5 Å². The van der Waals surface area contributed by atoms with Gasteiger partial charge in [-0.15, -0.1) is 0 Å². The Balaban J connectivity index is 2.07. The SMILES string of the molecule is CC(=O)N1c2ccc(C)cc2C(Nc2nccc(C)n2)[C@@H](C)[C@@H]1C. The van der Waals surface area contributed by atoms with Crippen molar-refractivity contribution in [2.24, 2.45) is 5.92 Å². The lowest BCUT2D eigenvalue weighted by Crippen LogP contribution is -2.48. The number of anilines is 2. The van der Waals surface area contributed by atoms with Crippen molar-refractivity contribution in [2.75, 3.05) is 10.2 Å². The Morgan fingerprint density at radius 2 is 1.96 bits per heavy atom. The average molecular weight is 324 g/mol. The summed E-state index contributed by atoms with van der Waals surface area (Å²) in [6.45, 7) is 9.92. The number of fused-ring (bicyclic) bond motifs is 1. The number of nitrogens with zero attached hydrogens (tertiary/aromatic N) is 3. The minimum absolute atomic E-state index is 0.0623. The van der Waals surface area contributed by atoms with E-state index in [1.54, 1.807) is 13.1 Å². The Morgan fingerprint density at radius 1 is 1.21 bits per heavy atom. The number of carbonyl (C=O) groups is 1. The largest absolute Gasteiger partial charge is 0.347 e. The Bertz CT molecular complexity index is 774. The Morgan fingerprint density at radius 3 is 2.62 bits per heavy atom. The summed E-state index contributed by atoms with van der Waals surface area (Å²) < 4.78 is 0. The molecule has 0 aliphatic carbocycles. The van der Waals surface area contributed by atoms with E-state index in [-0.39, 0.29) is 23.9 Å². The summed E-state index contributed by atoms with van der Waals surface area (Å²) >= 11 is 0. The number of hydrogen-bond donors (Lipinski definition) is 1. The van der Waals surface area contributed by atoms with Crippen LogP contribution < -0.4 is 10.2 Å². The van der Waals surface area contributed by atoms with E-state index >= 15 is 0 Å². The van der Waals surface area contributed by atoms with Gasteiger partial charge in [-0.2, -0.15) is 0 Å². The third kappa shape index (κ3) is 2.86. The van der Waals surface area contributed by atoms with Gasteiger partial charge in [0, 0.05) is 36.5 Å². The van der Waals surface area contributed by atoms with Crippen molar-refractivity contribution in [3.8, 4) is 0 Å². The summed E-state index contributed by atoms with van der Waals surface area (Å²) in [5, 5.41) is 3.48. The maximum absolute atomic E-state index is 12.2. The van der Waals surface area contributed by atoms with Crippen LogP contribution in [0, 0.1) is 19.8 Å². The lowest BCUT2D eigenvalue weighted by Gasteiger charge is -2.44. The second-order valence-corrected chi connectivity index (χ2v) is 6.69. The van der Waals surface area contributed by atoms with Crippen molar-refractivity contribution >= 4 is 17.5 Å². The highest BCUT2D eigenvalue weighted by molar-refractivity contribution is 5.94. The first kappa shape index (κ1) is 16.4. The molecule has 1 aliphatic heterocycles. The molecule has 0 saturated heterocycles. The molecule has 1 aromatic carbocycles. The molecule has 2 aromatic rings. The minimum Gasteiger partial charge on any atom is -0.347 e. The van der Waals surface area contributed by atoms with E-state index < -0.39 is 0 Å². The molecular weight excluding hydrogens is 300 g/mol. The van der Waals surface area contributed by atoms with Crippen molar-refractivity contribution in [1.29, 1.82) is 0 Å². The van der Waals surface area contributed by atoms with Gasteiger partial charge in [-0.05, 0) is 38.5 Å². The van der Waals surface area contributed by atoms with Crippen LogP contribution in [-0.4, -0.2) is 21.9 Å². The van der Waals surface area contributed by atoms with E-state index in [9.17, 15) is 4.79 Å². The molecule has 1 amide bonds. The summed E-state index contributed by atoms with van der Waals surface area (Å²) in [7, 11) is 0. The Hall–Kier alpha value is -2.43. The summed E-state index contributed by atoms with van der Waals surface area (Å²) in [6, 6.07) is 8.29. The fourth-order valence-corrected chi connectivity index (χ4v) is 3.48. The van der Waals surface area contributed by atoms with Crippen LogP contribution in [0.25, 0.3) is 0 Å². The first-order valence-electron chi connectivity index (χ1n) is 8.35. The molecule has 1 N–H and O–H groups in total. The number of amides is 1. The van der Waals surface area contributed by atoms with Crippen LogP contribution in [0.1, 0.15) is 43.6 Å². The highest BCUT2D eigenvalue weighted by Gasteiger charge is 2.38. The van der Waals surface area contributed by atoms with Gasteiger partial charge in [0.05, 0.1) is 6.04 Å². The van der Waals surface area contributed by atoms with Crippen LogP contribution in [0.2, 0.25) is 0 Å². The Labute approximate surface area is 143 Å². The van der Waals surface area contributed by atoms with Crippen LogP contribution in [-0.2, 0) is 4.79 Å². The van der Waals surface area contributed by atoms with Crippen LogP contribution in [0.5, 0.6) is 0 Å². The molecular formula is C19H24N4O. The molecule has 126 valence electrons. The van der Waals surface area contributed by atoms with E-state index in [1.807, 2.05) is 24.0 Å². The zero-order chi connectivity index (χ0) is 17.4. The molecule has 1 aromatic heterocycles. The van der Waals surface area contributed by atoms with Crippen molar-refractivity contribution in [2.45, 2.75) is 46.7 Å². The predicted molar refractivity (Wildman–Crippen MR) is 96.1 cm³/mol. The predicted octanol–water partition coefficient (Wildman–Crippen LogP) is 3.64. The molecule has 5 heteroatoms. The molecule has 1 unspecified atom stereocenters. The van der Waals surface area contributed by atoms with Gasteiger partial charge in [0.25, 0.3) is 0 Å². The molecule has 0 radical (unpaired) electrons. The summed E-state index contributed by atoms with van der Waals surface area (Å²) in [6.07, 6.45) is 1.76. The number of benzene rings is 1. The highest BCUT2D eigenvalue weighted by Crippen LogP contribution is 2.42. The molecule has 0 bridgehead atoms. The molecule has 24 heavy (non-hydrogen) atoms. The van der Waals surface area contributed by atoms with Gasteiger partial charge in [0.1, 0.15) is 0 Å². The van der Waals surface area contributed by atoms with E-state index in [1.165, 1.54) is 5.56 Å². The first-order chi connectivity index (χ1) is 11.4. The molecule has 0 fully saturated rings. The zero-order valence-electron chi connectivity index (χ0n) is 14.9. The molecule has 0 saturated carbocycles. The fourth-order valence-electron chi connectivity index (χ4n) is 3.48. The second-order valence-electron chi connectivity index (χ2n) is 6.69. The van der Waals surface area contributed by atoms with Crippen LogP contribution in [0.4, 0.5) is 11.6 Å². The summed E-state index contributed by atoms with van der Waals surface area (Å²) in [5.41, 5.74) is 4.21. The standard InChI is InChI=1S/C19H24N4O/c1-11-6-7-17-16(10-11)18(13(3)14(4)23(17)15(5)24)22-19-20-9-8-12(2)21-19/h6-10,13-14,18H,1-5H3,(H,20,21,22)/t13-,14-,18?/m0/s1. The maximum atomic E-state index is 12.2. The number of carbonyl (C=O) groups excluding carboxylic acids is 1. The minimum atomic E-state index is 0.0623. The van der Waals surface area contributed by atoms with E-state index in [0.29, 0.717) is 5.95 Å². The van der Waals surface area contributed by atoms with Crippen molar-refractivity contribution in [1.82, 2.24) is 9.97 Å². The highest BCUT2D eigenvalue weighted by atomic mass is 16.2. The molecule has 3 atom stereocenters. The van der Waals surface area contributed by atoms with Crippen LogP contribution in [0.3, 0.4) is 0 Å². The molecule has 2 heterocycles. The number of aryl methyl sites for hydroxylation is 2. The summed E-state index contributed by atoms with van der Waals surface area (Å²) in [4.78, 5) is 22.9. The van der Waals surface area contributed by atoms with Crippen molar-refractivity contribution in [3.63, 3.8) is 0 Å². The van der Waals surface area contributed by atoms with Crippen molar-refractivity contribution < 1.29 is 4.79 Å². The molecule has 3 rings (SSSR count). The normalized spacial score (nSPS) is 22.9. The average Bonchev–Trinajstić information content (AvgIpc) is 2.52. The third-order valence-corrected chi connectivity index (χ3v) is 4.89. The van der Waals surface area contributed by atoms with Crippen LogP contribution >= 0.6 is 0 Å².